The lowest BCUT2D eigenvalue weighted by molar-refractivity contribution is -0.137. The van der Waals surface area contributed by atoms with Gasteiger partial charge < -0.3 is 9.57 Å². The minimum absolute atomic E-state index is 0.366. The zero-order valence-corrected chi connectivity index (χ0v) is 9.70. The Bertz CT molecular complexity index is 385. The SMILES string of the molecule is CCOC(=O)/C=C/C=N/OCc1ccccc1. The summed E-state index contributed by atoms with van der Waals surface area (Å²) in [5.74, 6) is -0.387. The maximum absolute atomic E-state index is 10.9. The summed E-state index contributed by atoms with van der Waals surface area (Å²) in [6.07, 6.45) is 4.17. The number of carbonyl (C=O) groups is 1. The van der Waals surface area contributed by atoms with Gasteiger partial charge in [0.05, 0.1) is 12.8 Å². The van der Waals surface area contributed by atoms with Crippen LogP contribution in [0.4, 0.5) is 0 Å². The zero-order chi connectivity index (χ0) is 12.3. The van der Waals surface area contributed by atoms with Crippen LogP contribution in [0.1, 0.15) is 12.5 Å². The van der Waals surface area contributed by atoms with E-state index in [1.54, 1.807) is 6.92 Å². The lowest BCUT2D eigenvalue weighted by Crippen LogP contribution is -1.98. The molecule has 0 bridgehead atoms. The van der Waals surface area contributed by atoms with Crippen LogP contribution < -0.4 is 0 Å². The molecular formula is C13H15NO3. The topological polar surface area (TPSA) is 47.9 Å². The van der Waals surface area contributed by atoms with Crippen LogP contribution >= 0.6 is 0 Å². The molecule has 0 saturated carbocycles. The molecule has 17 heavy (non-hydrogen) atoms. The van der Waals surface area contributed by atoms with Gasteiger partial charge in [0, 0.05) is 6.08 Å². The Morgan fingerprint density at radius 2 is 2.12 bits per heavy atom. The molecule has 4 nitrogen and oxygen atoms in total. The fraction of sp³-hybridized carbons (Fsp3) is 0.231. The normalized spacial score (nSPS) is 10.9. The van der Waals surface area contributed by atoms with Crippen LogP contribution in [0.5, 0.6) is 0 Å². The highest BCUT2D eigenvalue weighted by molar-refractivity contribution is 5.87. The van der Waals surface area contributed by atoms with E-state index in [1.165, 1.54) is 18.4 Å². The predicted octanol–water partition coefficient (Wildman–Crippen LogP) is 2.31. The summed E-state index contributed by atoms with van der Waals surface area (Å²) >= 11 is 0. The van der Waals surface area contributed by atoms with Gasteiger partial charge in [-0.05, 0) is 18.6 Å². The summed E-state index contributed by atoms with van der Waals surface area (Å²) in [5.41, 5.74) is 1.04. The second-order valence-corrected chi connectivity index (χ2v) is 3.12. The highest BCUT2D eigenvalue weighted by Gasteiger charge is 1.91. The molecule has 0 radical (unpaired) electrons. The van der Waals surface area contributed by atoms with Crippen molar-refractivity contribution in [2.24, 2.45) is 5.16 Å². The number of nitrogens with zero attached hydrogens (tertiary/aromatic N) is 1. The molecule has 0 atom stereocenters. The average molecular weight is 233 g/mol. The van der Waals surface area contributed by atoms with E-state index in [1.807, 2.05) is 30.3 Å². The molecule has 4 heteroatoms. The minimum Gasteiger partial charge on any atom is -0.463 e. The van der Waals surface area contributed by atoms with Crippen LogP contribution in [0.3, 0.4) is 0 Å². The van der Waals surface area contributed by atoms with Gasteiger partial charge in [-0.3, -0.25) is 0 Å². The van der Waals surface area contributed by atoms with E-state index < -0.39 is 0 Å². The Kier molecular flexibility index (Phi) is 6.18. The summed E-state index contributed by atoms with van der Waals surface area (Å²) in [6, 6.07) is 9.70. The van der Waals surface area contributed by atoms with Crippen LogP contribution in [-0.4, -0.2) is 18.8 Å². The van der Waals surface area contributed by atoms with E-state index in [0.29, 0.717) is 13.2 Å². The van der Waals surface area contributed by atoms with Crippen molar-refractivity contribution in [2.45, 2.75) is 13.5 Å². The quantitative estimate of drug-likeness (QED) is 0.328. The number of esters is 1. The third-order valence-corrected chi connectivity index (χ3v) is 1.81. The second-order valence-electron chi connectivity index (χ2n) is 3.12. The van der Waals surface area contributed by atoms with Gasteiger partial charge in [-0.1, -0.05) is 35.5 Å². The minimum atomic E-state index is -0.387. The maximum Gasteiger partial charge on any atom is 0.330 e. The third-order valence-electron chi connectivity index (χ3n) is 1.81. The van der Waals surface area contributed by atoms with Crippen molar-refractivity contribution in [1.82, 2.24) is 0 Å². The van der Waals surface area contributed by atoms with Crippen molar-refractivity contribution >= 4 is 12.2 Å². The molecular weight excluding hydrogens is 218 g/mol. The van der Waals surface area contributed by atoms with E-state index in [4.69, 9.17) is 4.84 Å². The number of allylic oxidation sites excluding steroid dienone is 1. The van der Waals surface area contributed by atoms with Gasteiger partial charge in [0.2, 0.25) is 0 Å². The van der Waals surface area contributed by atoms with Gasteiger partial charge in [-0.2, -0.15) is 0 Å². The largest absolute Gasteiger partial charge is 0.463 e. The molecule has 0 N–H and O–H groups in total. The monoisotopic (exact) mass is 233 g/mol. The van der Waals surface area contributed by atoms with Gasteiger partial charge in [-0.25, -0.2) is 4.79 Å². The molecule has 0 aliphatic carbocycles. The summed E-state index contributed by atoms with van der Waals surface area (Å²) < 4.78 is 4.69. The first-order valence-electron chi connectivity index (χ1n) is 5.35. The van der Waals surface area contributed by atoms with Gasteiger partial charge >= 0.3 is 5.97 Å². The number of rotatable bonds is 6. The molecule has 1 aromatic rings. The Hall–Kier alpha value is -2.10. The van der Waals surface area contributed by atoms with E-state index >= 15 is 0 Å². The molecule has 0 aromatic heterocycles. The Morgan fingerprint density at radius 1 is 1.35 bits per heavy atom. The summed E-state index contributed by atoms with van der Waals surface area (Å²) in [6.45, 7) is 2.53. The lowest BCUT2D eigenvalue weighted by Gasteiger charge is -1.97. The van der Waals surface area contributed by atoms with Gasteiger partial charge in [-0.15, -0.1) is 0 Å². The maximum atomic E-state index is 10.9. The molecule has 0 heterocycles. The van der Waals surface area contributed by atoms with Gasteiger partial charge in [0.15, 0.2) is 0 Å². The first kappa shape index (κ1) is 13.0. The molecule has 1 aromatic carbocycles. The van der Waals surface area contributed by atoms with Crippen molar-refractivity contribution in [3.63, 3.8) is 0 Å². The average Bonchev–Trinajstić information content (AvgIpc) is 2.35. The highest BCUT2D eigenvalue weighted by Crippen LogP contribution is 1.99. The van der Waals surface area contributed by atoms with Gasteiger partial charge in [0.1, 0.15) is 6.61 Å². The van der Waals surface area contributed by atoms with Crippen molar-refractivity contribution in [3.8, 4) is 0 Å². The van der Waals surface area contributed by atoms with Crippen molar-refractivity contribution in [3.05, 3.63) is 48.0 Å². The molecule has 0 fully saturated rings. The molecule has 0 spiro atoms. The number of hydrogen-bond donors (Lipinski definition) is 0. The molecule has 90 valence electrons. The van der Waals surface area contributed by atoms with E-state index in [2.05, 4.69) is 9.89 Å². The number of ether oxygens (including phenoxy) is 1. The molecule has 0 aliphatic rings. The van der Waals surface area contributed by atoms with Crippen molar-refractivity contribution in [2.75, 3.05) is 6.61 Å². The van der Waals surface area contributed by atoms with E-state index in [-0.39, 0.29) is 5.97 Å². The van der Waals surface area contributed by atoms with Crippen LogP contribution in [-0.2, 0) is 21.0 Å². The first-order valence-corrected chi connectivity index (χ1v) is 5.35. The summed E-state index contributed by atoms with van der Waals surface area (Å²) in [4.78, 5) is 15.9. The number of oxime groups is 1. The molecule has 0 saturated heterocycles. The summed E-state index contributed by atoms with van der Waals surface area (Å²) in [7, 11) is 0. The molecule has 1 rings (SSSR count). The van der Waals surface area contributed by atoms with Crippen molar-refractivity contribution in [1.29, 1.82) is 0 Å². The van der Waals surface area contributed by atoms with E-state index in [9.17, 15) is 4.79 Å². The van der Waals surface area contributed by atoms with E-state index in [0.717, 1.165) is 5.56 Å². The number of carbonyl (C=O) groups excluding carboxylic acids is 1. The third kappa shape index (κ3) is 6.14. The lowest BCUT2D eigenvalue weighted by atomic mass is 10.2. The first-order chi connectivity index (χ1) is 8.33. The summed E-state index contributed by atoms with van der Waals surface area (Å²) in [5, 5.41) is 3.68. The number of hydrogen-bond acceptors (Lipinski definition) is 4. The Balaban J connectivity index is 2.21. The van der Waals surface area contributed by atoms with Crippen LogP contribution in [0, 0.1) is 0 Å². The highest BCUT2D eigenvalue weighted by atomic mass is 16.6. The molecule has 0 unspecified atom stereocenters. The fourth-order valence-corrected chi connectivity index (χ4v) is 1.08. The molecule has 0 aliphatic heterocycles. The van der Waals surface area contributed by atoms with Crippen LogP contribution in [0.25, 0.3) is 0 Å². The van der Waals surface area contributed by atoms with Crippen LogP contribution in [0.2, 0.25) is 0 Å². The standard InChI is InChI=1S/C13H15NO3/c1-2-16-13(15)9-6-10-14-17-11-12-7-4-3-5-8-12/h3-10H,2,11H2,1H3/b9-6+,14-10+. The second kappa shape index (κ2) is 8.10. The molecule has 0 amide bonds. The smallest absolute Gasteiger partial charge is 0.330 e. The van der Waals surface area contributed by atoms with Crippen LogP contribution in [0.15, 0.2) is 47.6 Å². The Labute approximate surface area is 101 Å². The fourth-order valence-electron chi connectivity index (χ4n) is 1.08. The predicted molar refractivity (Wildman–Crippen MR) is 65.5 cm³/mol. The van der Waals surface area contributed by atoms with Crippen molar-refractivity contribution < 1.29 is 14.4 Å². The Morgan fingerprint density at radius 3 is 2.82 bits per heavy atom. The number of benzene rings is 1. The van der Waals surface area contributed by atoms with Gasteiger partial charge in [0.25, 0.3) is 0 Å². The zero-order valence-electron chi connectivity index (χ0n) is 9.70.